The average molecular weight is 298 g/mol. The summed E-state index contributed by atoms with van der Waals surface area (Å²) >= 11 is 1.81. The highest BCUT2D eigenvalue weighted by atomic mass is 32.2. The van der Waals surface area contributed by atoms with Gasteiger partial charge in [0.25, 0.3) is 0 Å². The number of piperazine rings is 1. The molecule has 20 heavy (non-hydrogen) atoms. The minimum atomic E-state index is 0.0551. The summed E-state index contributed by atoms with van der Waals surface area (Å²) in [7, 11) is 0. The number of rotatable bonds is 4. The van der Waals surface area contributed by atoms with Gasteiger partial charge >= 0.3 is 0 Å². The van der Waals surface area contributed by atoms with E-state index in [1.165, 1.54) is 25.7 Å². The topological polar surface area (TPSA) is 40.6 Å². The summed E-state index contributed by atoms with van der Waals surface area (Å²) in [6, 6.07) is 0. The number of thioether (sulfide) groups is 1. The summed E-state index contributed by atoms with van der Waals surface area (Å²) in [6.45, 7) is 6.36. The second kappa shape index (κ2) is 7.34. The fraction of sp³-hybridized carbons (Fsp3) is 0.867. The Balaban J connectivity index is 1.71. The van der Waals surface area contributed by atoms with Gasteiger partial charge in [-0.3, -0.25) is 9.59 Å². The van der Waals surface area contributed by atoms with E-state index in [0.29, 0.717) is 26.2 Å². The van der Waals surface area contributed by atoms with Crippen molar-refractivity contribution >= 4 is 23.6 Å². The number of amides is 2. The highest BCUT2D eigenvalue weighted by Gasteiger charge is 2.26. The van der Waals surface area contributed by atoms with Crippen LogP contribution in [-0.2, 0) is 9.59 Å². The first-order valence-electron chi connectivity index (χ1n) is 7.74. The highest BCUT2D eigenvalue weighted by Crippen LogP contribution is 2.29. The van der Waals surface area contributed by atoms with Crippen LogP contribution >= 0.6 is 11.8 Å². The zero-order valence-electron chi connectivity index (χ0n) is 12.6. The molecule has 2 amide bonds. The van der Waals surface area contributed by atoms with Crippen LogP contribution in [0.4, 0.5) is 0 Å². The Labute approximate surface area is 126 Å². The lowest BCUT2D eigenvalue weighted by molar-refractivity contribution is -0.137. The van der Waals surface area contributed by atoms with Crippen LogP contribution in [0.2, 0.25) is 0 Å². The Kier molecular flexibility index (Phi) is 5.75. The molecule has 1 atom stereocenters. The molecule has 0 radical (unpaired) electrons. The lowest BCUT2D eigenvalue weighted by atomic mass is 10.1. The van der Waals surface area contributed by atoms with Gasteiger partial charge in [-0.15, -0.1) is 11.8 Å². The Morgan fingerprint density at radius 3 is 2.20 bits per heavy atom. The van der Waals surface area contributed by atoms with Gasteiger partial charge in [0.05, 0.1) is 5.25 Å². The van der Waals surface area contributed by atoms with Crippen LogP contribution in [0.15, 0.2) is 0 Å². The van der Waals surface area contributed by atoms with Crippen molar-refractivity contribution in [1.82, 2.24) is 9.80 Å². The fourth-order valence-corrected chi connectivity index (χ4v) is 4.21. The van der Waals surface area contributed by atoms with Crippen molar-refractivity contribution in [2.45, 2.75) is 44.8 Å². The molecule has 5 heteroatoms. The van der Waals surface area contributed by atoms with Crippen LogP contribution in [0, 0.1) is 5.92 Å². The van der Waals surface area contributed by atoms with Gasteiger partial charge in [-0.1, -0.05) is 12.8 Å². The summed E-state index contributed by atoms with van der Waals surface area (Å²) in [4.78, 5) is 27.4. The molecule has 1 saturated heterocycles. The summed E-state index contributed by atoms with van der Waals surface area (Å²) in [6.07, 6.45) is 5.40. The molecule has 1 heterocycles. The molecule has 1 saturated carbocycles. The van der Waals surface area contributed by atoms with Crippen molar-refractivity contribution in [3.05, 3.63) is 0 Å². The van der Waals surface area contributed by atoms with E-state index in [1.54, 1.807) is 6.92 Å². The molecule has 4 nitrogen and oxygen atoms in total. The average Bonchev–Trinajstić information content (AvgIpc) is 2.97. The second-order valence-electron chi connectivity index (χ2n) is 5.96. The Morgan fingerprint density at radius 2 is 1.65 bits per heavy atom. The van der Waals surface area contributed by atoms with E-state index in [-0.39, 0.29) is 17.1 Å². The zero-order valence-corrected chi connectivity index (χ0v) is 13.5. The number of hydrogen-bond donors (Lipinski definition) is 0. The van der Waals surface area contributed by atoms with Gasteiger partial charge < -0.3 is 9.80 Å². The minimum Gasteiger partial charge on any atom is -0.339 e. The van der Waals surface area contributed by atoms with Gasteiger partial charge in [-0.05, 0) is 31.4 Å². The highest BCUT2D eigenvalue weighted by molar-refractivity contribution is 8.00. The summed E-state index contributed by atoms with van der Waals surface area (Å²) in [5.74, 6) is 2.31. The Hall–Kier alpha value is -0.710. The van der Waals surface area contributed by atoms with E-state index in [4.69, 9.17) is 0 Å². The largest absolute Gasteiger partial charge is 0.339 e. The molecule has 0 N–H and O–H groups in total. The molecule has 1 aliphatic carbocycles. The number of carbonyl (C=O) groups excluding carboxylic acids is 2. The molecule has 0 aromatic rings. The van der Waals surface area contributed by atoms with E-state index in [0.717, 1.165) is 11.7 Å². The van der Waals surface area contributed by atoms with Gasteiger partial charge in [0.1, 0.15) is 0 Å². The number of nitrogens with zero attached hydrogens (tertiary/aromatic N) is 2. The van der Waals surface area contributed by atoms with Crippen LogP contribution in [0.25, 0.3) is 0 Å². The normalized spacial score (nSPS) is 22.1. The summed E-state index contributed by atoms with van der Waals surface area (Å²) in [5, 5.41) is 0.0551. The molecule has 114 valence electrons. The molecule has 0 unspecified atom stereocenters. The van der Waals surface area contributed by atoms with Crippen LogP contribution in [-0.4, -0.2) is 58.8 Å². The maximum atomic E-state index is 12.4. The van der Waals surface area contributed by atoms with Crippen molar-refractivity contribution < 1.29 is 9.59 Å². The van der Waals surface area contributed by atoms with E-state index in [9.17, 15) is 9.59 Å². The smallest absolute Gasteiger partial charge is 0.235 e. The third-order valence-corrected chi connectivity index (χ3v) is 5.81. The van der Waals surface area contributed by atoms with Crippen molar-refractivity contribution in [1.29, 1.82) is 0 Å². The monoisotopic (exact) mass is 298 g/mol. The van der Waals surface area contributed by atoms with Crippen molar-refractivity contribution in [3.8, 4) is 0 Å². The quantitative estimate of drug-likeness (QED) is 0.797. The number of hydrogen-bond acceptors (Lipinski definition) is 3. The van der Waals surface area contributed by atoms with Crippen molar-refractivity contribution in [3.63, 3.8) is 0 Å². The first-order chi connectivity index (χ1) is 9.58. The van der Waals surface area contributed by atoms with Crippen LogP contribution in [0.5, 0.6) is 0 Å². The van der Waals surface area contributed by atoms with E-state index in [1.807, 2.05) is 28.5 Å². The van der Waals surface area contributed by atoms with Gasteiger partial charge in [-0.2, -0.15) is 0 Å². The molecule has 0 spiro atoms. The predicted octanol–water partition coefficient (Wildman–Crippen LogP) is 1.99. The van der Waals surface area contributed by atoms with Crippen LogP contribution in [0.3, 0.4) is 0 Å². The second-order valence-corrected chi connectivity index (χ2v) is 7.33. The lowest BCUT2D eigenvalue weighted by Gasteiger charge is -2.35. The van der Waals surface area contributed by atoms with Crippen molar-refractivity contribution in [2.24, 2.45) is 5.92 Å². The molecular weight excluding hydrogens is 272 g/mol. The number of carbonyl (C=O) groups is 2. The Morgan fingerprint density at radius 1 is 1.10 bits per heavy atom. The summed E-state index contributed by atoms with van der Waals surface area (Å²) < 4.78 is 0. The maximum absolute atomic E-state index is 12.4. The maximum Gasteiger partial charge on any atom is 0.235 e. The summed E-state index contributed by atoms with van der Waals surface area (Å²) in [5.41, 5.74) is 0. The Bertz CT molecular complexity index is 348. The fourth-order valence-electron chi connectivity index (χ4n) is 3.03. The zero-order chi connectivity index (χ0) is 14.5. The first-order valence-corrected chi connectivity index (χ1v) is 8.78. The third-order valence-electron chi connectivity index (χ3n) is 4.44. The van der Waals surface area contributed by atoms with Gasteiger partial charge in [-0.25, -0.2) is 0 Å². The SMILES string of the molecule is CC(=O)N1CCN(C(=O)[C@H](C)SCC2CCCC2)CC1. The molecule has 2 fully saturated rings. The van der Waals surface area contributed by atoms with Crippen LogP contribution < -0.4 is 0 Å². The van der Waals surface area contributed by atoms with Crippen molar-refractivity contribution in [2.75, 3.05) is 31.9 Å². The third kappa shape index (κ3) is 4.14. The lowest BCUT2D eigenvalue weighted by Crippen LogP contribution is -2.51. The predicted molar refractivity (Wildman–Crippen MR) is 82.7 cm³/mol. The van der Waals surface area contributed by atoms with Gasteiger partial charge in [0.2, 0.25) is 11.8 Å². The molecule has 2 rings (SSSR count). The molecule has 1 aliphatic heterocycles. The first kappa shape index (κ1) is 15.7. The van der Waals surface area contributed by atoms with E-state index >= 15 is 0 Å². The minimum absolute atomic E-state index is 0.0551. The molecule has 0 aromatic carbocycles. The molecule has 2 aliphatic rings. The molecular formula is C15H26N2O2S. The van der Waals surface area contributed by atoms with E-state index < -0.39 is 0 Å². The van der Waals surface area contributed by atoms with E-state index in [2.05, 4.69) is 0 Å². The van der Waals surface area contributed by atoms with Gasteiger partial charge in [0, 0.05) is 33.1 Å². The van der Waals surface area contributed by atoms with Gasteiger partial charge in [0.15, 0.2) is 0 Å². The molecule has 0 bridgehead atoms. The van der Waals surface area contributed by atoms with Crippen LogP contribution in [0.1, 0.15) is 39.5 Å². The molecule has 0 aromatic heterocycles. The standard InChI is InChI=1S/C15H26N2O2S/c1-12(20-11-14-5-3-4-6-14)15(19)17-9-7-16(8-10-17)13(2)18/h12,14H,3-11H2,1-2H3/t12-/m0/s1.